The molecule has 0 saturated carbocycles. The first-order chi connectivity index (χ1) is 12.9. The highest BCUT2D eigenvalue weighted by Gasteiger charge is 2.53. The zero-order valence-electron chi connectivity index (χ0n) is 14.3. The molecule has 0 amide bonds. The van der Waals surface area contributed by atoms with Gasteiger partial charge in [-0.05, 0) is 19.1 Å². The molecule has 1 unspecified atom stereocenters. The van der Waals surface area contributed by atoms with Crippen molar-refractivity contribution in [2.75, 3.05) is 29.5 Å². The summed E-state index contributed by atoms with van der Waals surface area (Å²) < 4.78 is 43.5. The average molecular weight is 379 g/mol. The van der Waals surface area contributed by atoms with Gasteiger partial charge in [-0.15, -0.1) is 0 Å². The molecule has 0 radical (unpaired) electrons. The molecule has 2 atom stereocenters. The number of alkyl halides is 3. The van der Waals surface area contributed by atoms with Gasteiger partial charge in [-0.1, -0.05) is 0 Å². The lowest BCUT2D eigenvalue weighted by Gasteiger charge is -2.62. The molecule has 0 aromatic carbocycles. The third kappa shape index (κ3) is 3.04. The van der Waals surface area contributed by atoms with E-state index in [-0.39, 0.29) is 24.3 Å². The predicted molar refractivity (Wildman–Crippen MR) is 89.5 cm³/mol. The number of hydrogen-bond donors (Lipinski definition) is 0. The van der Waals surface area contributed by atoms with Crippen molar-refractivity contribution in [3.05, 3.63) is 41.9 Å². The van der Waals surface area contributed by atoms with Crippen LogP contribution in [-0.4, -0.2) is 52.7 Å². The number of esters is 1. The van der Waals surface area contributed by atoms with Crippen molar-refractivity contribution in [2.24, 2.45) is 0 Å². The number of piperazine rings is 1. The minimum atomic E-state index is -4.39. The number of anilines is 2. The number of nitrogens with zero attached hydrogens (tertiary/aromatic N) is 5. The van der Waals surface area contributed by atoms with Crippen LogP contribution in [-0.2, 0) is 10.9 Å². The number of carbonyl (C=O) groups excluding carboxylic acids is 1. The summed E-state index contributed by atoms with van der Waals surface area (Å²) in [4.78, 5) is 27.9. The molecule has 10 heteroatoms. The molecule has 27 heavy (non-hydrogen) atoms. The number of ether oxygens (including phenoxy) is 1. The second-order valence-electron chi connectivity index (χ2n) is 6.33. The van der Waals surface area contributed by atoms with E-state index in [0.29, 0.717) is 24.9 Å². The Hall–Kier alpha value is -2.91. The fourth-order valence-electron chi connectivity index (χ4n) is 3.29. The van der Waals surface area contributed by atoms with Crippen LogP contribution in [0.25, 0.3) is 0 Å². The maximum atomic E-state index is 12.9. The van der Waals surface area contributed by atoms with Crippen molar-refractivity contribution in [1.29, 1.82) is 0 Å². The zero-order chi connectivity index (χ0) is 19.2. The van der Waals surface area contributed by atoms with Gasteiger partial charge in [0.15, 0.2) is 0 Å². The minimum absolute atomic E-state index is 0.0781. The van der Waals surface area contributed by atoms with Crippen LogP contribution < -0.4 is 9.80 Å². The Morgan fingerprint density at radius 1 is 1.19 bits per heavy atom. The summed E-state index contributed by atoms with van der Waals surface area (Å²) in [5.41, 5.74) is -0.425. The summed E-state index contributed by atoms with van der Waals surface area (Å²) in [7, 11) is 0. The highest BCUT2D eigenvalue weighted by molar-refractivity contribution is 5.88. The van der Waals surface area contributed by atoms with Gasteiger partial charge in [0.25, 0.3) is 0 Å². The van der Waals surface area contributed by atoms with E-state index in [9.17, 15) is 18.0 Å². The lowest BCUT2D eigenvalue weighted by molar-refractivity contribution is -0.137. The molecule has 4 heterocycles. The van der Waals surface area contributed by atoms with Gasteiger partial charge >= 0.3 is 12.1 Å². The van der Waals surface area contributed by atoms with Gasteiger partial charge in [0.1, 0.15) is 5.82 Å². The Balaban J connectivity index is 1.41. The van der Waals surface area contributed by atoms with Crippen LogP contribution in [0.1, 0.15) is 22.8 Å². The van der Waals surface area contributed by atoms with Crippen LogP contribution in [0, 0.1) is 0 Å². The van der Waals surface area contributed by atoms with Gasteiger partial charge in [-0.2, -0.15) is 13.2 Å². The maximum Gasteiger partial charge on any atom is 0.416 e. The van der Waals surface area contributed by atoms with E-state index in [1.54, 1.807) is 6.92 Å². The summed E-state index contributed by atoms with van der Waals surface area (Å²) >= 11 is 0. The second kappa shape index (κ2) is 6.36. The lowest BCUT2D eigenvalue weighted by Crippen LogP contribution is -2.80. The van der Waals surface area contributed by atoms with Gasteiger partial charge < -0.3 is 14.5 Å². The Bertz CT molecular complexity index is 858. The van der Waals surface area contributed by atoms with E-state index >= 15 is 0 Å². The fourth-order valence-corrected chi connectivity index (χ4v) is 3.29. The standard InChI is InChI=1S/C17H16F3N5O2/c1-2-27-15(26)10-6-22-16(23-7-10)25-9-12-13(25)8-24(12)14-5-11(3-4-21-14)17(18,19)20/h3-7,12-13H,2,8-9H2,1H3/t12-,13?/m0/s1. The summed E-state index contributed by atoms with van der Waals surface area (Å²) in [6.45, 7) is 3.12. The predicted octanol–water partition coefficient (Wildman–Crippen LogP) is 2.14. The first kappa shape index (κ1) is 17.5. The third-order valence-electron chi connectivity index (χ3n) is 4.79. The normalized spacial score (nSPS) is 21.2. The first-order valence-electron chi connectivity index (χ1n) is 8.44. The molecular weight excluding hydrogens is 363 g/mol. The molecule has 4 rings (SSSR count). The van der Waals surface area contributed by atoms with Crippen LogP contribution in [0.2, 0.25) is 0 Å². The number of carbonyl (C=O) groups is 1. The summed E-state index contributed by atoms with van der Waals surface area (Å²) in [5, 5.41) is 0. The van der Waals surface area contributed by atoms with Crippen molar-refractivity contribution < 1.29 is 22.7 Å². The molecule has 0 N–H and O–H groups in total. The molecule has 142 valence electrons. The van der Waals surface area contributed by atoms with Crippen molar-refractivity contribution in [3.8, 4) is 0 Å². The molecule has 2 fully saturated rings. The fraction of sp³-hybridized carbons (Fsp3) is 0.412. The topological polar surface area (TPSA) is 71.5 Å². The monoisotopic (exact) mass is 379 g/mol. The van der Waals surface area contributed by atoms with Gasteiger partial charge in [-0.3, -0.25) is 0 Å². The van der Waals surface area contributed by atoms with Crippen molar-refractivity contribution in [3.63, 3.8) is 0 Å². The maximum absolute atomic E-state index is 12.9. The van der Waals surface area contributed by atoms with Gasteiger partial charge in [0.2, 0.25) is 5.95 Å². The van der Waals surface area contributed by atoms with Crippen molar-refractivity contribution in [1.82, 2.24) is 15.0 Å². The number of pyridine rings is 1. The Morgan fingerprint density at radius 3 is 2.44 bits per heavy atom. The molecule has 0 aliphatic carbocycles. The van der Waals surface area contributed by atoms with Crippen molar-refractivity contribution in [2.45, 2.75) is 25.2 Å². The highest BCUT2D eigenvalue weighted by Crippen LogP contribution is 2.39. The number of halogens is 3. The highest BCUT2D eigenvalue weighted by atomic mass is 19.4. The van der Waals surface area contributed by atoms with E-state index in [2.05, 4.69) is 15.0 Å². The van der Waals surface area contributed by atoms with E-state index in [1.807, 2.05) is 9.80 Å². The summed E-state index contributed by atoms with van der Waals surface area (Å²) in [6.07, 6.45) is -0.377. The minimum Gasteiger partial charge on any atom is -0.462 e. The molecule has 2 aromatic heterocycles. The third-order valence-corrected chi connectivity index (χ3v) is 4.79. The number of aromatic nitrogens is 3. The van der Waals surface area contributed by atoms with Gasteiger partial charge in [-0.25, -0.2) is 19.7 Å². The molecule has 2 aromatic rings. The van der Waals surface area contributed by atoms with Crippen LogP contribution in [0.3, 0.4) is 0 Å². The molecular formula is C17H16F3N5O2. The van der Waals surface area contributed by atoms with Crippen LogP contribution in [0.15, 0.2) is 30.7 Å². The molecule has 2 aliphatic heterocycles. The molecule has 2 saturated heterocycles. The van der Waals surface area contributed by atoms with Gasteiger partial charge in [0, 0.05) is 31.7 Å². The smallest absolute Gasteiger partial charge is 0.416 e. The van der Waals surface area contributed by atoms with E-state index in [0.717, 1.165) is 12.1 Å². The van der Waals surface area contributed by atoms with E-state index in [1.165, 1.54) is 18.6 Å². The number of hydrogen-bond acceptors (Lipinski definition) is 7. The number of rotatable bonds is 4. The van der Waals surface area contributed by atoms with Gasteiger partial charge in [0.05, 0.1) is 29.8 Å². The van der Waals surface area contributed by atoms with Crippen molar-refractivity contribution >= 4 is 17.7 Å². The zero-order valence-corrected chi connectivity index (χ0v) is 14.3. The van der Waals surface area contributed by atoms with E-state index < -0.39 is 17.7 Å². The second-order valence-corrected chi connectivity index (χ2v) is 6.33. The van der Waals surface area contributed by atoms with E-state index in [4.69, 9.17) is 4.74 Å². The Labute approximate surface area is 152 Å². The molecule has 2 aliphatic rings. The van der Waals surface area contributed by atoms with Crippen LogP contribution in [0.5, 0.6) is 0 Å². The first-order valence-corrected chi connectivity index (χ1v) is 8.44. The quantitative estimate of drug-likeness (QED) is 0.754. The summed E-state index contributed by atoms with van der Waals surface area (Å²) in [6, 6.07) is 2.24. The SMILES string of the molecule is CCOC(=O)c1cnc(N2C[C@H]3C2CN3c2cc(C(F)(F)F)ccn2)nc1. The number of fused-ring (bicyclic) bond motifs is 1. The molecule has 7 nitrogen and oxygen atoms in total. The van der Waals surface area contributed by atoms with Crippen LogP contribution in [0.4, 0.5) is 24.9 Å². The molecule has 0 spiro atoms. The lowest BCUT2D eigenvalue weighted by atomic mass is 9.86. The largest absolute Gasteiger partial charge is 0.462 e. The van der Waals surface area contributed by atoms with Crippen LogP contribution >= 0.6 is 0 Å². The molecule has 0 bridgehead atoms. The Morgan fingerprint density at radius 2 is 1.85 bits per heavy atom. The Kier molecular flexibility index (Phi) is 4.12. The summed E-state index contributed by atoms with van der Waals surface area (Å²) in [5.74, 6) is 0.334. The average Bonchev–Trinajstić information content (AvgIpc) is 2.63.